The van der Waals surface area contributed by atoms with E-state index in [2.05, 4.69) is 15.2 Å². The second kappa shape index (κ2) is 7.10. The third-order valence-electron chi connectivity index (χ3n) is 2.06. The Hall–Kier alpha value is -1.61. The number of rotatable bonds is 7. The molecule has 0 unspecified atom stereocenters. The van der Waals surface area contributed by atoms with Gasteiger partial charge in [0, 0.05) is 19.2 Å². The van der Waals surface area contributed by atoms with Crippen molar-refractivity contribution in [2.24, 2.45) is 5.73 Å². The fraction of sp³-hybridized carbons (Fsp3) is 0.600. The molecule has 1 aromatic rings. The molecule has 0 atom stereocenters. The number of alkyl halides is 3. The molecule has 1 heterocycles. The topological polar surface area (TPSA) is 82.2 Å². The van der Waals surface area contributed by atoms with Gasteiger partial charge in [0.2, 0.25) is 0 Å². The van der Waals surface area contributed by atoms with Crippen molar-refractivity contribution in [1.82, 2.24) is 9.78 Å². The number of nitrogens with zero attached hydrogens (tertiary/aromatic N) is 2. The van der Waals surface area contributed by atoms with Gasteiger partial charge in [-0.05, 0) is 0 Å². The van der Waals surface area contributed by atoms with Crippen LogP contribution in [-0.4, -0.2) is 42.3 Å². The fourth-order valence-electron chi connectivity index (χ4n) is 1.25. The molecule has 0 aromatic carbocycles. The summed E-state index contributed by atoms with van der Waals surface area (Å²) in [5, 5.41) is 6.67. The van der Waals surface area contributed by atoms with E-state index in [0.29, 0.717) is 18.8 Å². The lowest BCUT2D eigenvalue weighted by Crippen LogP contribution is -2.26. The molecule has 3 N–H and O–H groups in total. The largest absolute Gasteiger partial charge is 0.411 e. The molecule has 19 heavy (non-hydrogen) atoms. The van der Waals surface area contributed by atoms with Gasteiger partial charge in [-0.25, -0.2) is 4.68 Å². The molecule has 0 saturated heterocycles. The highest BCUT2D eigenvalue weighted by Gasteiger charge is 2.27. The first kappa shape index (κ1) is 15.4. The van der Waals surface area contributed by atoms with Crippen LogP contribution in [0, 0.1) is 0 Å². The Morgan fingerprint density at radius 2 is 2.21 bits per heavy atom. The quantitative estimate of drug-likeness (QED) is 0.697. The van der Waals surface area contributed by atoms with Gasteiger partial charge in [0.05, 0.1) is 25.0 Å². The number of ether oxygens (including phenoxy) is 1. The zero-order chi connectivity index (χ0) is 14.3. The van der Waals surface area contributed by atoms with E-state index in [-0.39, 0.29) is 13.2 Å². The molecule has 0 amide bonds. The van der Waals surface area contributed by atoms with Gasteiger partial charge in [-0.2, -0.15) is 18.3 Å². The highest BCUT2D eigenvalue weighted by Crippen LogP contribution is 2.14. The Labute approximate surface area is 107 Å². The van der Waals surface area contributed by atoms with Crippen molar-refractivity contribution in [3.05, 3.63) is 22.6 Å². The Morgan fingerprint density at radius 1 is 1.47 bits per heavy atom. The highest BCUT2D eigenvalue weighted by molar-refractivity contribution is 5.38. The van der Waals surface area contributed by atoms with Crippen LogP contribution in [0.3, 0.4) is 0 Å². The third-order valence-corrected chi connectivity index (χ3v) is 2.06. The minimum absolute atomic E-state index is 0.0356. The molecule has 0 aliphatic rings. The summed E-state index contributed by atoms with van der Waals surface area (Å²) in [6.07, 6.45) is -2.96. The summed E-state index contributed by atoms with van der Waals surface area (Å²) in [6.45, 7) is -0.694. The maximum absolute atomic E-state index is 11.8. The Morgan fingerprint density at radius 3 is 2.79 bits per heavy atom. The Bertz CT molecular complexity index is 447. The highest BCUT2D eigenvalue weighted by atomic mass is 19.4. The second-order valence-corrected chi connectivity index (χ2v) is 3.69. The van der Waals surface area contributed by atoms with Crippen LogP contribution in [0.2, 0.25) is 0 Å². The Kier molecular flexibility index (Phi) is 5.77. The smallest absolute Gasteiger partial charge is 0.382 e. The minimum atomic E-state index is -4.37. The lowest BCUT2D eigenvalue weighted by molar-refractivity contribution is -0.174. The molecule has 1 aromatic heterocycles. The van der Waals surface area contributed by atoms with Crippen LogP contribution < -0.4 is 16.6 Å². The summed E-state index contributed by atoms with van der Waals surface area (Å²) in [5.74, 6) is 0. The number of anilines is 1. The molecule has 9 heteroatoms. The summed E-state index contributed by atoms with van der Waals surface area (Å²) in [4.78, 5) is 11.5. The average Bonchev–Trinajstić information content (AvgIpc) is 2.32. The van der Waals surface area contributed by atoms with Gasteiger partial charge in [0.1, 0.15) is 6.61 Å². The van der Waals surface area contributed by atoms with Gasteiger partial charge in [0.25, 0.3) is 5.56 Å². The molecule has 0 saturated carbocycles. The number of nitrogens with two attached hydrogens (primary N) is 1. The molecule has 1 rings (SSSR count). The normalized spacial score (nSPS) is 11.6. The van der Waals surface area contributed by atoms with Crippen LogP contribution >= 0.6 is 0 Å². The minimum Gasteiger partial charge on any atom is -0.382 e. The van der Waals surface area contributed by atoms with Crippen molar-refractivity contribution in [1.29, 1.82) is 0 Å². The molecule has 6 nitrogen and oxygen atoms in total. The van der Waals surface area contributed by atoms with Crippen LogP contribution in [0.5, 0.6) is 0 Å². The first-order valence-corrected chi connectivity index (χ1v) is 5.58. The molecule has 108 valence electrons. The van der Waals surface area contributed by atoms with Crippen LogP contribution in [0.1, 0.15) is 0 Å². The first-order chi connectivity index (χ1) is 8.92. The Balaban J connectivity index is 2.44. The monoisotopic (exact) mass is 280 g/mol. The van der Waals surface area contributed by atoms with E-state index in [1.165, 1.54) is 12.3 Å². The molecular weight excluding hydrogens is 265 g/mol. The van der Waals surface area contributed by atoms with E-state index in [1.54, 1.807) is 0 Å². The lowest BCUT2D eigenvalue weighted by Gasteiger charge is -2.09. The van der Waals surface area contributed by atoms with Crippen molar-refractivity contribution < 1.29 is 17.9 Å². The predicted molar refractivity (Wildman–Crippen MR) is 62.9 cm³/mol. The standard InChI is InChI=1S/C10H15F3N4O2/c11-10(12,13)7-19-4-3-17-9(18)5-8(6-16-17)15-2-1-14/h5-6,15H,1-4,7,14H2. The molecule has 0 bridgehead atoms. The van der Waals surface area contributed by atoms with E-state index < -0.39 is 18.3 Å². The van der Waals surface area contributed by atoms with Gasteiger partial charge >= 0.3 is 6.18 Å². The van der Waals surface area contributed by atoms with Crippen molar-refractivity contribution >= 4 is 5.69 Å². The van der Waals surface area contributed by atoms with Gasteiger partial charge in [-0.15, -0.1) is 0 Å². The van der Waals surface area contributed by atoms with E-state index in [1.807, 2.05) is 0 Å². The number of hydrogen-bond acceptors (Lipinski definition) is 5. The number of aromatic nitrogens is 2. The first-order valence-electron chi connectivity index (χ1n) is 5.58. The van der Waals surface area contributed by atoms with Gasteiger partial charge in [-0.3, -0.25) is 4.79 Å². The van der Waals surface area contributed by atoms with Gasteiger partial charge in [0.15, 0.2) is 0 Å². The molecule has 0 aliphatic heterocycles. The van der Waals surface area contributed by atoms with E-state index >= 15 is 0 Å². The predicted octanol–water partition coefficient (Wildman–Crippen LogP) is 0.193. The van der Waals surface area contributed by atoms with Crippen LogP contribution in [0.25, 0.3) is 0 Å². The zero-order valence-corrected chi connectivity index (χ0v) is 10.1. The van der Waals surface area contributed by atoms with Crippen LogP contribution in [-0.2, 0) is 11.3 Å². The van der Waals surface area contributed by atoms with Gasteiger partial charge in [-0.1, -0.05) is 0 Å². The summed E-state index contributed by atoms with van der Waals surface area (Å²) >= 11 is 0. The summed E-state index contributed by atoms with van der Waals surface area (Å²) in [7, 11) is 0. The second-order valence-electron chi connectivity index (χ2n) is 3.69. The lowest BCUT2D eigenvalue weighted by atomic mass is 10.4. The van der Waals surface area contributed by atoms with E-state index in [0.717, 1.165) is 4.68 Å². The number of hydrogen-bond donors (Lipinski definition) is 2. The fourth-order valence-corrected chi connectivity index (χ4v) is 1.25. The average molecular weight is 280 g/mol. The maximum Gasteiger partial charge on any atom is 0.411 e. The molecule has 0 radical (unpaired) electrons. The zero-order valence-electron chi connectivity index (χ0n) is 10.1. The summed E-state index contributed by atoms with van der Waals surface area (Å²) < 4.78 is 40.8. The number of nitrogens with one attached hydrogen (secondary N) is 1. The van der Waals surface area contributed by atoms with Crippen molar-refractivity contribution in [2.45, 2.75) is 12.7 Å². The summed E-state index contributed by atoms with van der Waals surface area (Å²) in [5.41, 5.74) is 5.38. The van der Waals surface area contributed by atoms with E-state index in [4.69, 9.17) is 5.73 Å². The van der Waals surface area contributed by atoms with Crippen LogP contribution in [0.4, 0.5) is 18.9 Å². The van der Waals surface area contributed by atoms with Crippen molar-refractivity contribution in [3.63, 3.8) is 0 Å². The maximum atomic E-state index is 11.8. The molecule has 0 fully saturated rings. The summed E-state index contributed by atoms with van der Waals surface area (Å²) in [6, 6.07) is 1.30. The van der Waals surface area contributed by atoms with E-state index in [9.17, 15) is 18.0 Å². The third kappa shape index (κ3) is 6.20. The van der Waals surface area contributed by atoms with Gasteiger partial charge < -0.3 is 15.8 Å². The van der Waals surface area contributed by atoms with Crippen molar-refractivity contribution in [2.75, 3.05) is 31.6 Å². The van der Waals surface area contributed by atoms with Crippen LogP contribution in [0.15, 0.2) is 17.1 Å². The molecule has 0 spiro atoms. The molecular formula is C10H15F3N4O2. The van der Waals surface area contributed by atoms with Crippen molar-refractivity contribution in [3.8, 4) is 0 Å². The molecule has 0 aliphatic carbocycles. The number of halogens is 3. The SMILES string of the molecule is NCCNc1cnn(CCOCC(F)(F)F)c(=O)c1.